The van der Waals surface area contributed by atoms with Crippen LogP contribution in [0.4, 0.5) is 17.6 Å². The molecule has 2 saturated heterocycles. The van der Waals surface area contributed by atoms with Crippen molar-refractivity contribution in [3.8, 4) is 11.3 Å². The molecule has 2 aliphatic rings. The summed E-state index contributed by atoms with van der Waals surface area (Å²) in [6.07, 6.45) is 4.92. The molecule has 0 bridgehead atoms. The van der Waals surface area contributed by atoms with E-state index in [9.17, 15) is 0 Å². The number of thiocarbonyl (C=S) groups is 1. The number of nitrogens with zero attached hydrogens (tertiary/aromatic N) is 4. The van der Waals surface area contributed by atoms with Gasteiger partial charge in [0.05, 0.1) is 19.8 Å². The smallest absolute Gasteiger partial charge is 0.232 e. The summed E-state index contributed by atoms with van der Waals surface area (Å²) >= 11 is 5.57. The Hall–Kier alpha value is -3.17. The van der Waals surface area contributed by atoms with Gasteiger partial charge >= 0.3 is 0 Å². The number of nitrogens with one attached hydrogen (secondary N) is 2. The van der Waals surface area contributed by atoms with Crippen molar-refractivity contribution in [1.82, 2.24) is 15.3 Å². The molecular formula is C26H32N6O2S. The predicted octanol–water partition coefficient (Wildman–Crippen LogP) is 4.44. The van der Waals surface area contributed by atoms with Crippen molar-refractivity contribution in [3.63, 3.8) is 0 Å². The molecule has 0 atom stereocenters. The van der Waals surface area contributed by atoms with Crippen LogP contribution in [0.15, 0.2) is 52.9 Å². The molecule has 8 nitrogen and oxygen atoms in total. The van der Waals surface area contributed by atoms with Crippen LogP contribution >= 0.6 is 12.2 Å². The maximum atomic E-state index is 5.97. The van der Waals surface area contributed by atoms with Crippen LogP contribution in [0, 0.1) is 0 Å². The highest BCUT2D eigenvalue weighted by atomic mass is 32.1. The van der Waals surface area contributed by atoms with Gasteiger partial charge in [-0.15, -0.1) is 0 Å². The topological polar surface area (TPSA) is 78.7 Å². The zero-order valence-electron chi connectivity index (χ0n) is 19.9. The van der Waals surface area contributed by atoms with Crippen molar-refractivity contribution in [2.24, 2.45) is 0 Å². The first-order valence-electron chi connectivity index (χ1n) is 12.4. The van der Waals surface area contributed by atoms with Crippen molar-refractivity contribution >= 4 is 34.9 Å². The summed E-state index contributed by atoms with van der Waals surface area (Å²) in [6, 6.07) is 16.1. The lowest BCUT2D eigenvalue weighted by atomic mass is 10.2. The maximum Gasteiger partial charge on any atom is 0.232 e. The number of hydrogen-bond acceptors (Lipinski definition) is 7. The van der Waals surface area contributed by atoms with Crippen LogP contribution in [0.1, 0.15) is 31.4 Å². The number of benzene rings is 1. The molecule has 0 spiro atoms. The van der Waals surface area contributed by atoms with Gasteiger partial charge in [-0.2, -0.15) is 9.97 Å². The molecule has 5 rings (SSSR count). The molecule has 2 aromatic heterocycles. The average Bonchev–Trinajstić information content (AvgIpc) is 3.21. The monoisotopic (exact) mass is 492 g/mol. The van der Waals surface area contributed by atoms with Crippen LogP contribution < -0.4 is 20.4 Å². The van der Waals surface area contributed by atoms with Crippen LogP contribution in [-0.4, -0.2) is 54.5 Å². The SMILES string of the molecule is S=C(NCc1ccc(-c2ccccc2)o1)Nc1nc(N2CCCCCC2)cc(N2CCOCC2)n1. The first-order valence-corrected chi connectivity index (χ1v) is 12.8. The van der Waals surface area contributed by atoms with Gasteiger partial charge in [-0.1, -0.05) is 43.2 Å². The van der Waals surface area contributed by atoms with Crippen molar-refractivity contribution in [2.75, 3.05) is 54.5 Å². The lowest BCUT2D eigenvalue weighted by Crippen LogP contribution is -2.37. The summed E-state index contributed by atoms with van der Waals surface area (Å²) in [4.78, 5) is 14.2. The summed E-state index contributed by atoms with van der Waals surface area (Å²) in [5.74, 6) is 4.01. The van der Waals surface area contributed by atoms with Crippen LogP contribution in [0.2, 0.25) is 0 Å². The molecule has 2 fully saturated rings. The first-order chi connectivity index (χ1) is 17.2. The number of ether oxygens (including phenoxy) is 1. The Labute approximate surface area is 211 Å². The van der Waals surface area contributed by atoms with Gasteiger partial charge in [-0.3, -0.25) is 0 Å². The second-order valence-corrected chi connectivity index (χ2v) is 9.26. The second kappa shape index (κ2) is 11.5. The minimum atomic E-state index is 0.462. The lowest BCUT2D eigenvalue weighted by molar-refractivity contribution is 0.122. The molecule has 3 aromatic rings. The van der Waals surface area contributed by atoms with E-state index >= 15 is 0 Å². The van der Waals surface area contributed by atoms with Crippen molar-refractivity contribution in [3.05, 3.63) is 54.3 Å². The van der Waals surface area contributed by atoms with Gasteiger partial charge in [0.1, 0.15) is 23.2 Å². The van der Waals surface area contributed by atoms with Crippen LogP contribution in [-0.2, 0) is 11.3 Å². The number of morpholine rings is 1. The minimum Gasteiger partial charge on any atom is -0.459 e. The van der Waals surface area contributed by atoms with Gasteiger partial charge in [0.2, 0.25) is 5.95 Å². The Morgan fingerprint density at radius 1 is 0.857 bits per heavy atom. The molecule has 2 aliphatic heterocycles. The Balaban J connectivity index is 1.27. The Morgan fingerprint density at radius 2 is 1.54 bits per heavy atom. The highest BCUT2D eigenvalue weighted by Crippen LogP contribution is 2.25. The number of aromatic nitrogens is 2. The van der Waals surface area contributed by atoms with E-state index in [-0.39, 0.29) is 0 Å². The summed E-state index contributed by atoms with van der Waals surface area (Å²) in [7, 11) is 0. The standard InChI is InChI=1S/C26H32N6O2S/c35-26(27-19-21-10-11-22(34-21)20-8-4-3-5-9-20)30-25-28-23(31-12-6-1-2-7-13-31)18-24(29-25)32-14-16-33-17-15-32/h3-5,8-11,18H,1-2,6-7,12-17,19H2,(H2,27,28,29,30,35). The number of hydrogen-bond donors (Lipinski definition) is 2. The van der Waals surface area contributed by atoms with E-state index in [0.29, 0.717) is 30.8 Å². The third-order valence-corrected chi connectivity index (χ3v) is 6.58. The minimum absolute atomic E-state index is 0.462. The van der Waals surface area contributed by atoms with Crippen LogP contribution in [0.25, 0.3) is 11.3 Å². The van der Waals surface area contributed by atoms with Gasteiger partial charge in [0.15, 0.2) is 5.11 Å². The molecule has 4 heterocycles. The second-order valence-electron chi connectivity index (χ2n) is 8.85. The van der Waals surface area contributed by atoms with Gasteiger partial charge in [0, 0.05) is 37.8 Å². The lowest BCUT2D eigenvalue weighted by Gasteiger charge is -2.29. The third-order valence-electron chi connectivity index (χ3n) is 6.33. The summed E-state index contributed by atoms with van der Waals surface area (Å²) < 4.78 is 11.5. The molecule has 1 aromatic carbocycles. The average molecular weight is 493 g/mol. The number of furan rings is 1. The van der Waals surface area contributed by atoms with Crippen molar-refractivity contribution < 1.29 is 9.15 Å². The summed E-state index contributed by atoms with van der Waals surface area (Å²) in [5.41, 5.74) is 1.05. The highest BCUT2D eigenvalue weighted by molar-refractivity contribution is 7.80. The summed E-state index contributed by atoms with van der Waals surface area (Å²) in [5, 5.41) is 6.88. The molecule has 0 amide bonds. The van der Waals surface area contributed by atoms with E-state index in [0.717, 1.165) is 54.9 Å². The highest BCUT2D eigenvalue weighted by Gasteiger charge is 2.19. The van der Waals surface area contributed by atoms with Crippen LogP contribution in [0.5, 0.6) is 0 Å². The van der Waals surface area contributed by atoms with Gasteiger partial charge in [-0.05, 0) is 37.2 Å². The van der Waals surface area contributed by atoms with Gasteiger partial charge in [-0.25, -0.2) is 0 Å². The Kier molecular flexibility index (Phi) is 7.75. The quantitative estimate of drug-likeness (QED) is 0.486. The van der Waals surface area contributed by atoms with Gasteiger partial charge in [0.25, 0.3) is 0 Å². The van der Waals surface area contributed by atoms with E-state index in [2.05, 4.69) is 26.5 Å². The predicted molar refractivity (Wildman–Crippen MR) is 143 cm³/mol. The van der Waals surface area contributed by atoms with E-state index in [4.69, 9.17) is 31.3 Å². The van der Waals surface area contributed by atoms with Gasteiger partial charge < -0.3 is 29.6 Å². The third kappa shape index (κ3) is 6.29. The Bertz CT molecular complexity index is 1110. The summed E-state index contributed by atoms with van der Waals surface area (Å²) in [6.45, 7) is 5.57. The zero-order chi connectivity index (χ0) is 23.9. The Morgan fingerprint density at radius 3 is 2.26 bits per heavy atom. The van der Waals surface area contributed by atoms with E-state index in [1.807, 2.05) is 42.5 Å². The molecule has 184 valence electrons. The molecule has 0 radical (unpaired) electrons. The fourth-order valence-corrected chi connectivity index (χ4v) is 4.60. The fourth-order valence-electron chi connectivity index (χ4n) is 4.44. The van der Waals surface area contributed by atoms with Crippen LogP contribution in [0.3, 0.4) is 0 Å². The molecule has 0 aliphatic carbocycles. The molecule has 9 heteroatoms. The van der Waals surface area contributed by atoms with E-state index in [1.165, 1.54) is 25.7 Å². The first kappa shape index (κ1) is 23.6. The van der Waals surface area contributed by atoms with E-state index in [1.54, 1.807) is 0 Å². The molecular weight excluding hydrogens is 460 g/mol. The zero-order valence-corrected chi connectivity index (χ0v) is 20.7. The van der Waals surface area contributed by atoms with Crippen molar-refractivity contribution in [2.45, 2.75) is 32.2 Å². The largest absolute Gasteiger partial charge is 0.459 e. The number of rotatable bonds is 6. The number of anilines is 3. The molecule has 0 saturated carbocycles. The fraction of sp³-hybridized carbons (Fsp3) is 0.423. The molecule has 0 unspecified atom stereocenters. The normalized spacial score (nSPS) is 16.6. The molecule has 35 heavy (non-hydrogen) atoms. The van der Waals surface area contributed by atoms with E-state index < -0.39 is 0 Å². The molecule has 2 N–H and O–H groups in total. The van der Waals surface area contributed by atoms with Crippen molar-refractivity contribution in [1.29, 1.82) is 0 Å². The maximum absolute atomic E-state index is 5.97.